The van der Waals surface area contributed by atoms with E-state index in [-0.39, 0.29) is 5.91 Å². The highest BCUT2D eigenvalue weighted by atomic mass is 16.5. The molecule has 0 saturated carbocycles. The molecule has 9 heteroatoms. The third-order valence-corrected chi connectivity index (χ3v) is 4.97. The van der Waals surface area contributed by atoms with Crippen molar-refractivity contribution in [2.24, 2.45) is 0 Å². The van der Waals surface area contributed by atoms with Gasteiger partial charge in [-0.3, -0.25) is 4.79 Å². The Balaban J connectivity index is 2.04. The average Bonchev–Trinajstić information content (AvgIpc) is 2.78. The summed E-state index contributed by atoms with van der Waals surface area (Å²) in [5, 5.41) is 8.36. The SMILES string of the molecule is CCOc1ccccc1NC(=O)C1=C(C)NC(=O)N[C@H]1c1cc(OC)c(OC)c(OC)c1. The first-order valence-electron chi connectivity index (χ1n) is 10.0. The molecule has 0 saturated heterocycles. The highest BCUT2D eigenvalue weighted by Crippen LogP contribution is 2.41. The monoisotopic (exact) mass is 441 g/mol. The quantitative estimate of drug-likeness (QED) is 0.580. The summed E-state index contributed by atoms with van der Waals surface area (Å²) in [5.74, 6) is 1.40. The molecule has 0 radical (unpaired) electrons. The van der Waals surface area contributed by atoms with Gasteiger partial charge in [-0.15, -0.1) is 0 Å². The summed E-state index contributed by atoms with van der Waals surface area (Å²) in [4.78, 5) is 25.6. The van der Waals surface area contributed by atoms with Crippen LogP contribution in [0.1, 0.15) is 25.5 Å². The summed E-state index contributed by atoms with van der Waals surface area (Å²) in [6, 6.07) is 9.38. The topological polar surface area (TPSA) is 107 Å². The molecule has 2 aromatic carbocycles. The lowest BCUT2D eigenvalue weighted by molar-refractivity contribution is -0.113. The predicted molar refractivity (Wildman–Crippen MR) is 119 cm³/mol. The van der Waals surface area contributed by atoms with Crippen LogP contribution in [0.5, 0.6) is 23.0 Å². The van der Waals surface area contributed by atoms with E-state index < -0.39 is 12.1 Å². The van der Waals surface area contributed by atoms with Gasteiger partial charge < -0.3 is 34.9 Å². The summed E-state index contributed by atoms with van der Waals surface area (Å²) in [6.45, 7) is 4.00. The lowest BCUT2D eigenvalue weighted by atomic mass is 9.94. The molecule has 0 aliphatic carbocycles. The van der Waals surface area contributed by atoms with Gasteiger partial charge >= 0.3 is 6.03 Å². The molecule has 3 N–H and O–H groups in total. The molecular weight excluding hydrogens is 414 g/mol. The lowest BCUT2D eigenvalue weighted by Gasteiger charge is -2.29. The number of anilines is 1. The average molecular weight is 441 g/mol. The Morgan fingerprint density at radius 3 is 2.28 bits per heavy atom. The minimum atomic E-state index is -0.753. The van der Waals surface area contributed by atoms with Crippen LogP contribution in [0.4, 0.5) is 10.5 Å². The highest BCUT2D eigenvalue weighted by molar-refractivity contribution is 6.07. The number of methoxy groups -OCH3 is 3. The largest absolute Gasteiger partial charge is 0.493 e. The fourth-order valence-corrected chi connectivity index (χ4v) is 3.55. The molecule has 0 aromatic heterocycles. The van der Waals surface area contributed by atoms with Gasteiger partial charge in [0.05, 0.1) is 45.2 Å². The van der Waals surface area contributed by atoms with E-state index in [4.69, 9.17) is 18.9 Å². The summed E-state index contributed by atoms with van der Waals surface area (Å²) < 4.78 is 21.8. The smallest absolute Gasteiger partial charge is 0.319 e. The van der Waals surface area contributed by atoms with Crippen LogP contribution in [-0.4, -0.2) is 39.9 Å². The Labute approximate surface area is 186 Å². The fourth-order valence-electron chi connectivity index (χ4n) is 3.55. The number of carbonyl (C=O) groups excluding carboxylic acids is 2. The Morgan fingerprint density at radius 2 is 1.69 bits per heavy atom. The first-order valence-corrected chi connectivity index (χ1v) is 10.0. The number of hydrogen-bond acceptors (Lipinski definition) is 6. The van der Waals surface area contributed by atoms with E-state index in [9.17, 15) is 9.59 Å². The van der Waals surface area contributed by atoms with E-state index >= 15 is 0 Å². The number of ether oxygens (including phenoxy) is 4. The summed E-state index contributed by atoms with van der Waals surface area (Å²) in [5.41, 5.74) is 1.89. The number of amides is 3. The molecule has 3 rings (SSSR count). The van der Waals surface area contributed by atoms with Gasteiger partial charge in [0.1, 0.15) is 5.75 Å². The van der Waals surface area contributed by atoms with Gasteiger partial charge in [-0.05, 0) is 43.7 Å². The van der Waals surface area contributed by atoms with Crippen LogP contribution in [0.15, 0.2) is 47.7 Å². The van der Waals surface area contributed by atoms with E-state index in [0.717, 1.165) is 0 Å². The number of para-hydroxylation sites is 2. The van der Waals surface area contributed by atoms with Gasteiger partial charge in [0.25, 0.3) is 5.91 Å². The maximum absolute atomic E-state index is 13.4. The number of urea groups is 1. The highest BCUT2D eigenvalue weighted by Gasteiger charge is 2.33. The molecule has 170 valence electrons. The van der Waals surface area contributed by atoms with Gasteiger partial charge in [0.15, 0.2) is 11.5 Å². The molecule has 1 aliphatic rings. The molecule has 0 unspecified atom stereocenters. The van der Waals surface area contributed by atoms with Gasteiger partial charge in [-0.25, -0.2) is 4.79 Å². The van der Waals surface area contributed by atoms with Crippen molar-refractivity contribution in [1.29, 1.82) is 0 Å². The van der Waals surface area contributed by atoms with Crippen LogP contribution < -0.4 is 34.9 Å². The van der Waals surface area contributed by atoms with Crippen LogP contribution in [0.25, 0.3) is 0 Å². The maximum Gasteiger partial charge on any atom is 0.319 e. The van der Waals surface area contributed by atoms with E-state index in [1.807, 2.05) is 13.0 Å². The molecule has 1 aliphatic heterocycles. The zero-order valence-electron chi connectivity index (χ0n) is 18.7. The number of allylic oxidation sites excluding steroid dienone is 1. The number of rotatable bonds is 8. The Kier molecular flexibility index (Phi) is 7.09. The summed E-state index contributed by atoms with van der Waals surface area (Å²) in [6.07, 6.45) is 0. The molecule has 9 nitrogen and oxygen atoms in total. The molecular formula is C23H27N3O6. The number of nitrogens with one attached hydrogen (secondary N) is 3. The van der Waals surface area contributed by atoms with Crippen molar-refractivity contribution in [3.63, 3.8) is 0 Å². The Morgan fingerprint density at radius 1 is 1.03 bits per heavy atom. The summed E-state index contributed by atoms with van der Waals surface area (Å²) >= 11 is 0. The zero-order chi connectivity index (χ0) is 23.3. The molecule has 2 aromatic rings. The van der Waals surface area contributed by atoms with E-state index in [1.165, 1.54) is 21.3 Å². The standard InChI is InChI=1S/C23H27N3O6/c1-6-32-16-10-8-7-9-15(16)25-22(27)19-13(2)24-23(28)26-20(19)14-11-17(29-3)21(31-5)18(12-14)30-4/h7-12,20H,6H2,1-5H3,(H,25,27)(H2,24,26,28)/t20-/m0/s1. The Bertz CT molecular complexity index is 1020. The number of hydrogen-bond donors (Lipinski definition) is 3. The fraction of sp³-hybridized carbons (Fsp3) is 0.304. The second kappa shape index (κ2) is 9.95. The van der Waals surface area contributed by atoms with Crippen LogP contribution in [-0.2, 0) is 4.79 Å². The second-order valence-electron chi connectivity index (χ2n) is 6.91. The predicted octanol–water partition coefficient (Wildman–Crippen LogP) is 3.38. The third kappa shape index (κ3) is 4.56. The van der Waals surface area contributed by atoms with Crippen molar-refractivity contribution >= 4 is 17.6 Å². The first kappa shape index (κ1) is 22.8. The second-order valence-corrected chi connectivity index (χ2v) is 6.91. The third-order valence-electron chi connectivity index (χ3n) is 4.97. The molecule has 3 amide bonds. The maximum atomic E-state index is 13.4. The zero-order valence-corrected chi connectivity index (χ0v) is 18.7. The summed E-state index contributed by atoms with van der Waals surface area (Å²) in [7, 11) is 4.51. The first-order chi connectivity index (χ1) is 15.4. The van der Waals surface area contributed by atoms with E-state index in [2.05, 4.69) is 16.0 Å². The van der Waals surface area contributed by atoms with Crippen LogP contribution >= 0.6 is 0 Å². The lowest BCUT2D eigenvalue weighted by Crippen LogP contribution is -2.46. The van der Waals surface area contributed by atoms with E-state index in [0.29, 0.717) is 52.1 Å². The molecule has 0 bridgehead atoms. The van der Waals surface area contributed by atoms with Crippen molar-refractivity contribution in [2.45, 2.75) is 19.9 Å². The van der Waals surface area contributed by atoms with Crippen molar-refractivity contribution in [1.82, 2.24) is 10.6 Å². The van der Waals surface area contributed by atoms with Crippen molar-refractivity contribution < 1.29 is 28.5 Å². The molecule has 1 atom stereocenters. The Hall–Kier alpha value is -3.88. The van der Waals surface area contributed by atoms with Crippen LogP contribution in [0.3, 0.4) is 0 Å². The van der Waals surface area contributed by atoms with Crippen molar-refractivity contribution in [2.75, 3.05) is 33.3 Å². The van der Waals surface area contributed by atoms with Crippen molar-refractivity contribution in [3.8, 4) is 23.0 Å². The molecule has 0 fully saturated rings. The van der Waals surface area contributed by atoms with Crippen molar-refractivity contribution in [3.05, 3.63) is 53.2 Å². The van der Waals surface area contributed by atoms with Gasteiger partial charge in [0.2, 0.25) is 5.75 Å². The molecule has 32 heavy (non-hydrogen) atoms. The van der Waals surface area contributed by atoms with E-state index in [1.54, 1.807) is 37.3 Å². The van der Waals surface area contributed by atoms with Crippen LogP contribution in [0.2, 0.25) is 0 Å². The van der Waals surface area contributed by atoms with Gasteiger partial charge in [-0.1, -0.05) is 12.1 Å². The normalized spacial score (nSPS) is 15.4. The van der Waals surface area contributed by atoms with Gasteiger partial charge in [0, 0.05) is 5.70 Å². The number of benzene rings is 2. The minimum absolute atomic E-state index is 0.338. The number of carbonyl (C=O) groups is 2. The molecule has 0 spiro atoms. The van der Waals surface area contributed by atoms with Crippen LogP contribution in [0, 0.1) is 0 Å². The molecule has 1 heterocycles. The minimum Gasteiger partial charge on any atom is -0.493 e. The van der Waals surface area contributed by atoms with Gasteiger partial charge in [-0.2, -0.15) is 0 Å².